The van der Waals surface area contributed by atoms with Gasteiger partial charge in [-0.15, -0.1) is 0 Å². The normalized spacial score (nSPS) is 15.3. The molecule has 1 amide bonds. The number of rotatable bonds is 6. The van der Waals surface area contributed by atoms with Gasteiger partial charge < -0.3 is 14.4 Å². The van der Waals surface area contributed by atoms with E-state index >= 15 is 0 Å². The van der Waals surface area contributed by atoms with Crippen LogP contribution in [0.2, 0.25) is 0 Å². The lowest BCUT2D eigenvalue weighted by atomic mass is 10.1. The Balaban J connectivity index is 1.64. The number of nitrogens with zero attached hydrogens (tertiary/aromatic N) is 2. The molecule has 1 saturated heterocycles. The molecule has 0 unspecified atom stereocenters. The molecule has 0 atom stereocenters. The molecule has 0 bridgehead atoms. The van der Waals surface area contributed by atoms with Crippen molar-refractivity contribution in [1.82, 2.24) is 9.21 Å². The van der Waals surface area contributed by atoms with Gasteiger partial charge in [0.05, 0.1) is 19.1 Å². The van der Waals surface area contributed by atoms with Crippen LogP contribution in [0.5, 0.6) is 11.5 Å². The molecule has 8 heteroatoms. The topological polar surface area (TPSA) is 76.2 Å². The second-order valence-corrected chi connectivity index (χ2v) is 9.39. The summed E-state index contributed by atoms with van der Waals surface area (Å²) < 4.78 is 37.8. The van der Waals surface area contributed by atoms with Crippen LogP contribution in [0.1, 0.15) is 16.7 Å². The smallest absolute Gasteiger partial charge is 0.246 e. The number of amides is 1. The Morgan fingerprint density at radius 3 is 2.06 bits per heavy atom. The number of aryl methyl sites for hydroxylation is 2. The monoisotopic (exact) mass is 444 g/mol. The lowest BCUT2D eigenvalue weighted by Gasteiger charge is -2.33. The molecule has 1 aliphatic heterocycles. The van der Waals surface area contributed by atoms with Crippen LogP contribution in [0.25, 0.3) is 6.08 Å². The summed E-state index contributed by atoms with van der Waals surface area (Å²) in [6, 6.07) is 10.5. The molecule has 0 saturated carbocycles. The van der Waals surface area contributed by atoms with Gasteiger partial charge in [-0.3, -0.25) is 4.79 Å². The number of sulfonamides is 1. The van der Waals surface area contributed by atoms with Crippen LogP contribution >= 0.6 is 0 Å². The first-order chi connectivity index (χ1) is 14.7. The van der Waals surface area contributed by atoms with Crippen LogP contribution in [0.15, 0.2) is 47.4 Å². The molecular formula is C23H28N2O5S. The van der Waals surface area contributed by atoms with Crippen molar-refractivity contribution in [3.05, 3.63) is 59.2 Å². The van der Waals surface area contributed by atoms with E-state index < -0.39 is 10.0 Å². The standard InChI is InChI=1S/C23H28N2O5S/c1-17-5-7-22(13-18(17)2)31(27,28)25-11-9-24(10-12-25)23(26)8-6-19-14-20(29-3)16-21(15-19)30-4/h5-8,13-16H,9-12H2,1-4H3/b8-6+. The average Bonchev–Trinajstić information content (AvgIpc) is 2.78. The molecule has 0 aliphatic carbocycles. The molecule has 31 heavy (non-hydrogen) atoms. The summed E-state index contributed by atoms with van der Waals surface area (Å²) in [5, 5.41) is 0. The van der Waals surface area contributed by atoms with Crippen molar-refractivity contribution < 1.29 is 22.7 Å². The summed E-state index contributed by atoms with van der Waals surface area (Å²) in [6.07, 6.45) is 3.19. The summed E-state index contributed by atoms with van der Waals surface area (Å²) >= 11 is 0. The molecular weight excluding hydrogens is 416 g/mol. The van der Waals surface area contributed by atoms with E-state index in [1.54, 1.807) is 55.5 Å². The number of carbonyl (C=O) groups excluding carboxylic acids is 1. The largest absolute Gasteiger partial charge is 0.497 e. The Bertz CT molecular complexity index is 1060. The van der Waals surface area contributed by atoms with Gasteiger partial charge in [-0.2, -0.15) is 4.31 Å². The van der Waals surface area contributed by atoms with E-state index in [0.29, 0.717) is 29.5 Å². The van der Waals surface area contributed by atoms with Gasteiger partial charge in [0, 0.05) is 38.3 Å². The highest BCUT2D eigenvalue weighted by Gasteiger charge is 2.29. The van der Waals surface area contributed by atoms with Crippen molar-refractivity contribution >= 4 is 22.0 Å². The van der Waals surface area contributed by atoms with E-state index in [-0.39, 0.29) is 19.0 Å². The minimum Gasteiger partial charge on any atom is -0.497 e. The third-order valence-electron chi connectivity index (χ3n) is 5.46. The van der Waals surface area contributed by atoms with Gasteiger partial charge in [0.15, 0.2) is 0 Å². The SMILES string of the molecule is COc1cc(/C=C/C(=O)N2CCN(S(=O)(=O)c3ccc(C)c(C)c3)CC2)cc(OC)c1. The maximum atomic E-state index is 12.9. The molecule has 1 aliphatic rings. The predicted molar refractivity (Wildman–Crippen MR) is 120 cm³/mol. The molecule has 0 aromatic heterocycles. The van der Waals surface area contributed by atoms with Crippen molar-refractivity contribution in [3.8, 4) is 11.5 Å². The van der Waals surface area contributed by atoms with Gasteiger partial charge in [0.2, 0.25) is 15.9 Å². The Morgan fingerprint density at radius 2 is 1.52 bits per heavy atom. The van der Waals surface area contributed by atoms with Gasteiger partial charge in [-0.1, -0.05) is 6.07 Å². The fraction of sp³-hybridized carbons (Fsp3) is 0.348. The van der Waals surface area contributed by atoms with Crippen LogP contribution in [-0.2, 0) is 14.8 Å². The summed E-state index contributed by atoms with van der Waals surface area (Å²) in [5.41, 5.74) is 2.77. The number of ether oxygens (including phenoxy) is 2. The number of carbonyl (C=O) groups is 1. The first-order valence-electron chi connectivity index (χ1n) is 10.0. The van der Waals surface area contributed by atoms with E-state index in [1.165, 1.54) is 10.4 Å². The van der Waals surface area contributed by atoms with E-state index in [1.807, 2.05) is 19.9 Å². The summed E-state index contributed by atoms with van der Waals surface area (Å²) in [4.78, 5) is 14.5. The zero-order chi connectivity index (χ0) is 22.6. The van der Waals surface area contributed by atoms with Crippen LogP contribution in [0.3, 0.4) is 0 Å². The molecule has 2 aromatic rings. The summed E-state index contributed by atoms with van der Waals surface area (Å²) in [5.74, 6) is 1.11. The zero-order valence-electron chi connectivity index (χ0n) is 18.3. The number of benzene rings is 2. The third-order valence-corrected chi connectivity index (χ3v) is 7.35. The minimum absolute atomic E-state index is 0.162. The minimum atomic E-state index is -3.57. The highest BCUT2D eigenvalue weighted by atomic mass is 32.2. The highest BCUT2D eigenvalue weighted by Crippen LogP contribution is 2.24. The van der Waals surface area contributed by atoms with Crippen LogP contribution in [-0.4, -0.2) is 63.9 Å². The number of hydrogen-bond donors (Lipinski definition) is 0. The Morgan fingerprint density at radius 1 is 0.903 bits per heavy atom. The van der Waals surface area contributed by atoms with Crippen molar-refractivity contribution in [1.29, 1.82) is 0 Å². The maximum absolute atomic E-state index is 12.9. The van der Waals surface area contributed by atoms with Crippen LogP contribution in [0, 0.1) is 13.8 Å². The summed E-state index contributed by atoms with van der Waals surface area (Å²) in [6.45, 7) is 5.06. The molecule has 1 heterocycles. The van der Waals surface area contributed by atoms with Crippen LogP contribution in [0.4, 0.5) is 0 Å². The molecule has 7 nitrogen and oxygen atoms in total. The van der Waals surface area contributed by atoms with Gasteiger partial charge in [0.1, 0.15) is 11.5 Å². The van der Waals surface area contributed by atoms with Crippen molar-refractivity contribution in [2.75, 3.05) is 40.4 Å². The molecule has 2 aromatic carbocycles. The molecule has 0 spiro atoms. The van der Waals surface area contributed by atoms with Crippen LogP contribution < -0.4 is 9.47 Å². The third kappa shape index (κ3) is 5.26. The van der Waals surface area contributed by atoms with Crippen molar-refractivity contribution in [3.63, 3.8) is 0 Å². The second kappa shape index (κ2) is 9.53. The first kappa shape index (κ1) is 22.8. The van der Waals surface area contributed by atoms with Gasteiger partial charge in [0.25, 0.3) is 0 Å². The lowest BCUT2D eigenvalue weighted by Crippen LogP contribution is -2.50. The zero-order valence-corrected chi connectivity index (χ0v) is 19.1. The van der Waals surface area contributed by atoms with E-state index in [4.69, 9.17) is 9.47 Å². The number of piperazine rings is 1. The Kier molecular flexibility index (Phi) is 7.02. The quantitative estimate of drug-likeness (QED) is 0.641. The lowest BCUT2D eigenvalue weighted by molar-refractivity contribution is -0.127. The Hall–Kier alpha value is -2.84. The van der Waals surface area contributed by atoms with Gasteiger partial charge >= 0.3 is 0 Å². The number of methoxy groups -OCH3 is 2. The molecule has 1 fully saturated rings. The maximum Gasteiger partial charge on any atom is 0.246 e. The van der Waals surface area contributed by atoms with Gasteiger partial charge in [-0.25, -0.2) is 8.42 Å². The highest BCUT2D eigenvalue weighted by molar-refractivity contribution is 7.89. The van der Waals surface area contributed by atoms with E-state index in [0.717, 1.165) is 16.7 Å². The fourth-order valence-electron chi connectivity index (χ4n) is 3.37. The van der Waals surface area contributed by atoms with E-state index in [9.17, 15) is 13.2 Å². The molecule has 166 valence electrons. The number of hydrogen-bond acceptors (Lipinski definition) is 5. The second-order valence-electron chi connectivity index (χ2n) is 7.45. The first-order valence-corrected chi connectivity index (χ1v) is 11.5. The van der Waals surface area contributed by atoms with Crippen molar-refractivity contribution in [2.45, 2.75) is 18.7 Å². The molecule has 3 rings (SSSR count). The predicted octanol–water partition coefficient (Wildman–Crippen LogP) is 2.87. The average molecular weight is 445 g/mol. The summed E-state index contributed by atoms with van der Waals surface area (Å²) in [7, 11) is -0.435. The fourth-order valence-corrected chi connectivity index (χ4v) is 4.88. The van der Waals surface area contributed by atoms with Crippen molar-refractivity contribution in [2.24, 2.45) is 0 Å². The van der Waals surface area contributed by atoms with E-state index in [2.05, 4.69) is 0 Å². The molecule has 0 N–H and O–H groups in total. The molecule has 0 radical (unpaired) electrons. The van der Waals surface area contributed by atoms with Gasteiger partial charge in [-0.05, 0) is 60.9 Å². The Labute approximate surface area is 183 Å².